The molecular formula is C12H16N4O3S. The quantitative estimate of drug-likeness (QED) is 0.823. The number of hydrogen-bond donors (Lipinski definition) is 2. The van der Waals surface area contributed by atoms with Gasteiger partial charge >= 0.3 is 0 Å². The maximum atomic E-state index is 12.0. The zero-order valence-corrected chi connectivity index (χ0v) is 12.1. The van der Waals surface area contributed by atoms with Gasteiger partial charge in [-0.2, -0.15) is 5.10 Å². The SMILES string of the molecule is CN(C)S(=O)(=O)CCNC(=O)c1n[nH]c2ccccc12. The van der Waals surface area contributed by atoms with Crippen LogP contribution in [0, 0.1) is 0 Å². The molecule has 0 saturated heterocycles. The van der Waals surface area contributed by atoms with E-state index in [0.717, 1.165) is 9.82 Å². The number of nitrogens with one attached hydrogen (secondary N) is 2. The highest BCUT2D eigenvalue weighted by Gasteiger charge is 2.16. The number of carbonyl (C=O) groups is 1. The molecule has 0 aliphatic rings. The lowest BCUT2D eigenvalue weighted by Crippen LogP contribution is -2.34. The molecule has 1 amide bonds. The van der Waals surface area contributed by atoms with Crippen molar-refractivity contribution < 1.29 is 13.2 Å². The topological polar surface area (TPSA) is 95.2 Å². The molecule has 7 nitrogen and oxygen atoms in total. The van der Waals surface area contributed by atoms with Crippen molar-refractivity contribution in [3.8, 4) is 0 Å². The highest BCUT2D eigenvalue weighted by atomic mass is 32.2. The van der Waals surface area contributed by atoms with Gasteiger partial charge in [-0.15, -0.1) is 0 Å². The largest absolute Gasteiger partial charge is 0.350 e. The zero-order valence-electron chi connectivity index (χ0n) is 11.3. The summed E-state index contributed by atoms with van der Waals surface area (Å²) in [6, 6.07) is 7.25. The first-order valence-electron chi connectivity index (χ1n) is 6.03. The maximum absolute atomic E-state index is 12.0. The van der Waals surface area contributed by atoms with Crippen LogP contribution in [0.15, 0.2) is 24.3 Å². The molecule has 0 spiro atoms. The molecule has 20 heavy (non-hydrogen) atoms. The van der Waals surface area contributed by atoms with Gasteiger partial charge in [0, 0.05) is 26.0 Å². The smallest absolute Gasteiger partial charge is 0.272 e. The van der Waals surface area contributed by atoms with Crippen LogP contribution in [-0.4, -0.2) is 55.2 Å². The Kier molecular flexibility index (Phi) is 4.05. The summed E-state index contributed by atoms with van der Waals surface area (Å²) in [7, 11) is -0.401. The lowest BCUT2D eigenvalue weighted by Gasteiger charge is -2.11. The molecule has 2 N–H and O–H groups in total. The van der Waals surface area contributed by atoms with Crippen LogP contribution in [0.4, 0.5) is 0 Å². The molecule has 0 atom stereocenters. The molecule has 0 aliphatic carbocycles. The van der Waals surface area contributed by atoms with Gasteiger partial charge in [-0.3, -0.25) is 9.89 Å². The third-order valence-corrected chi connectivity index (χ3v) is 4.72. The molecule has 1 heterocycles. The van der Waals surface area contributed by atoms with Gasteiger partial charge in [0.25, 0.3) is 5.91 Å². The van der Waals surface area contributed by atoms with Crippen LogP contribution in [0.2, 0.25) is 0 Å². The molecular weight excluding hydrogens is 280 g/mol. The molecule has 0 aliphatic heterocycles. The second-order valence-electron chi connectivity index (χ2n) is 4.47. The molecule has 108 valence electrons. The van der Waals surface area contributed by atoms with Crippen LogP contribution in [-0.2, 0) is 10.0 Å². The monoisotopic (exact) mass is 296 g/mol. The van der Waals surface area contributed by atoms with Crippen LogP contribution in [0.1, 0.15) is 10.5 Å². The van der Waals surface area contributed by atoms with E-state index in [4.69, 9.17) is 0 Å². The molecule has 8 heteroatoms. The summed E-state index contributed by atoms with van der Waals surface area (Å²) in [5.41, 5.74) is 1.03. The Labute approximate surface area is 117 Å². The number of hydrogen-bond acceptors (Lipinski definition) is 4. The van der Waals surface area contributed by atoms with E-state index in [1.165, 1.54) is 14.1 Å². The summed E-state index contributed by atoms with van der Waals surface area (Å²) in [6.07, 6.45) is 0. The van der Waals surface area contributed by atoms with Crippen LogP contribution in [0.25, 0.3) is 10.9 Å². The minimum atomic E-state index is -3.31. The van der Waals surface area contributed by atoms with Crippen molar-refractivity contribution in [3.63, 3.8) is 0 Å². The van der Waals surface area contributed by atoms with Gasteiger partial charge in [-0.1, -0.05) is 18.2 Å². The van der Waals surface area contributed by atoms with Crippen molar-refractivity contribution in [2.45, 2.75) is 0 Å². The van der Waals surface area contributed by atoms with E-state index in [1.54, 1.807) is 6.07 Å². The Bertz CT molecular complexity index is 721. The number of fused-ring (bicyclic) bond motifs is 1. The highest BCUT2D eigenvalue weighted by Crippen LogP contribution is 2.14. The number of amides is 1. The molecule has 0 bridgehead atoms. The number of H-pyrrole nitrogens is 1. The van der Waals surface area contributed by atoms with E-state index in [9.17, 15) is 13.2 Å². The van der Waals surface area contributed by atoms with E-state index in [-0.39, 0.29) is 18.0 Å². The van der Waals surface area contributed by atoms with Gasteiger partial charge in [0.05, 0.1) is 11.3 Å². The summed E-state index contributed by atoms with van der Waals surface area (Å²) >= 11 is 0. The summed E-state index contributed by atoms with van der Waals surface area (Å²) in [4.78, 5) is 12.0. The Hall–Kier alpha value is -1.93. The molecule has 2 aromatic rings. The molecule has 0 saturated carbocycles. The first kappa shape index (κ1) is 14.5. The standard InChI is InChI=1S/C12H16N4O3S/c1-16(2)20(18,19)8-7-13-12(17)11-9-5-3-4-6-10(9)14-15-11/h3-6H,7-8H2,1-2H3,(H,13,17)(H,14,15). The number of aromatic amines is 1. The average molecular weight is 296 g/mol. The molecule has 0 fully saturated rings. The van der Waals surface area contributed by atoms with E-state index >= 15 is 0 Å². The predicted octanol–water partition coefficient (Wildman–Crippen LogP) is 0.184. The first-order chi connectivity index (χ1) is 9.42. The summed E-state index contributed by atoms with van der Waals surface area (Å²) < 4.78 is 24.3. The van der Waals surface area contributed by atoms with Crippen molar-refractivity contribution in [3.05, 3.63) is 30.0 Å². The van der Waals surface area contributed by atoms with Crippen molar-refractivity contribution >= 4 is 26.8 Å². The van der Waals surface area contributed by atoms with E-state index in [2.05, 4.69) is 15.5 Å². The lowest BCUT2D eigenvalue weighted by molar-refractivity contribution is 0.0952. The van der Waals surface area contributed by atoms with E-state index in [0.29, 0.717) is 5.39 Å². The number of aromatic nitrogens is 2. The van der Waals surface area contributed by atoms with Crippen molar-refractivity contribution in [1.29, 1.82) is 0 Å². The third kappa shape index (κ3) is 2.97. The Morgan fingerprint density at radius 1 is 1.35 bits per heavy atom. The molecule has 1 aromatic carbocycles. The van der Waals surface area contributed by atoms with Crippen molar-refractivity contribution in [1.82, 2.24) is 19.8 Å². The van der Waals surface area contributed by atoms with Gasteiger partial charge in [-0.05, 0) is 6.07 Å². The summed E-state index contributed by atoms with van der Waals surface area (Å²) in [5, 5.41) is 9.97. The fourth-order valence-corrected chi connectivity index (χ4v) is 2.42. The van der Waals surface area contributed by atoms with Crippen LogP contribution >= 0.6 is 0 Å². The van der Waals surface area contributed by atoms with Crippen LogP contribution in [0.5, 0.6) is 0 Å². The summed E-state index contributed by atoms with van der Waals surface area (Å²) in [5.74, 6) is -0.537. The van der Waals surface area contributed by atoms with Gasteiger partial charge in [0.2, 0.25) is 10.0 Å². The van der Waals surface area contributed by atoms with E-state index < -0.39 is 15.9 Å². The van der Waals surface area contributed by atoms with Gasteiger partial charge in [0.1, 0.15) is 0 Å². The van der Waals surface area contributed by atoms with Crippen LogP contribution < -0.4 is 5.32 Å². The third-order valence-electron chi connectivity index (χ3n) is 2.89. The first-order valence-corrected chi connectivity index (χ1v) is 7.64. The lowest BCUT2D eigenvalue weighted by atomic mass is 10.2. The summed E-state index contributed by atoms with van der Waals surface area (Å²) in [6.45, 7) is 0.0422. The van der Waals surface area contributed by atoms with Gasteiger partial charge in [0.15, 0.2) is 5.69 Å². The average Bonchev–Trinajstić information content (AvgIpc) is 2.82. The fourth-order valence-electron chi connectivity index (χ4n) is 1.70. The van der Waals surface area contributed by atoms with Gasteiger partial charge in [-0.25, -0.2) is 12.7 Å². The molecule has 1 aromatic heterocycles. The number of rotatable bonds is 5. The predicted molar refractivity (Wildman–Crippen MR) is 75.9 cm³/mol. The molecule has 0 radical (unpaired) electrons. The van der Waals surface area contributed by atoms with Crippen molar-refractivity contribution in [2.24, 2.45) is 0 Å². The van der Waals surface area contributed by atoms with E-state index in [1.807, 2.05) is 18.2 Å². The normalized spacial score (nSPS) is 11.9. The highest BCUT2D eigenvalue weighted by molar-refractivity contribution is 7.89. The number of carbonyl (C=O) groups excluding carboxylic acids is 1. The fraction of sp³-hybridized carbons (Fsp3) is 0.333. The maximum Gasteiger partial charge on any atom is 0.272 e. The molecule has 2 rings (SSSR count). The second-order valence-corrected chi connectivity index (χ2v) is 6.77. The minimum Gasteiger partial charge on any atom is -0.350 e. The Balaban J connectivity index is 2.03. The minimum absolute atomic E-state index is 0.0422. The Morgan fingerprint density at radius 2 is 2.05 bits per heavy atom. The zero-order chi connectivity index (χ0) is 14.8. The molecule has 0 unspecified atom stereocenters. The number of benzene rings is 1. The number of sulfonamides is 1. The second kappa shape index (κ2) is 5.59. The number of nitrogens with zero attached hydrogens (tertiary/aromatic N) is 2. The van der Waals surface area contributed by atoms with Gasteiger partial charge < -0.3 is 5.32 Å². The van der Waals surface area contributed by atoms with Crippen molar-refractivity contribution in [2.75, 3.05) is 26.4 Å². The van der Waals surface area contributed by atoms with Crippen LogP contribution in [0.3, 0.4) is 0 Å². The Morgan fingerprint density at radius 3 is 2.75 bits per heavy atom. The number of para-hydroxylation sites is 1.